The molecule has 35 heavy (non-hydrogen) atoms. The quantitative estimate of drug-likeness (QED) is 0.147. The molecule has 0 aromatic heterocycles. The molecule has 4 aromatic rings. The summed E-state index contributed by atoms with van der Waals surface area (Å²) in [5, 5.41) is 0.506. The van der Waals surface area contributed by atoms with Gasteiger partial charge in [-0.25, -0.2) is 0 Å². The van der Waals surface area contributed by atoms with Crippen molar-refractivity contribution in [1.82, 2.24) is 0 Å². The second-order valence-corrected chi connectivity index (χ2v) is 8.11. The van der Waals surface area contributed by atoms with E-state index in [1.54, 1.807) is 12.1 Å². The zero-order valence-corrected chi connectivity index (χ0v) is 24.9. The fraction of sp³-hybridized carbons (Fsp3) is 0.0714. The molecule has 176 valence electrons. The standard InChI is InChI=1S/C14H12OS.C7H5ClOS.C7H7.BrH.Mg/c1-11-7-9-12(10-8-11)14(16)15-13-5-3-2-4-6-13;8-7(10)9-6-4-2-1-3-5-6;1-7-5-3-2-4-6-7;;/h2-10H,1H3;1-5H;3-6H,1H3;1H;/q;;-1;;+2/p-1. The van der Waals surface area contributed by atoms with E-state index in [-0.39, 0.29) is 44.5 Å². The van der Waals surface area contributed by atoms with E-state index in [2.05, 4.69) is 25.2 Å². The van der Waals surface area contributed by atoms with Crippen LogP contribution < -0.4 is 26.5 Å². The van der Waals surface area contributed by atoms with Crippen molar-refractivity contribution in [3.8, 4) is 11.5 Å². The number of benzene rings is 4. The molecule has 0 aliphatic rings. The Bertz CT molecular complexity index is 1110. The molecule has 0 aliphatic heterocycles. The van der Waals surface area contributed by atoms with Crippen molar-refractivity contribution in [3.05, 3.63) is 132 Å². The fourth-order valence-corrected chi connectivity index (χ4v) is 2.81. The molecule has 0 bridgehead atoms. The van der Waals surface area contributed by atoms with Gasteiger partial charge in [-0.05, 0) is 67.2 Å². The Morgan fingerprint density at radius 1 is 0.657 bits per heavy atom. The van der Waals surface area contributed by atoms with Crippen LogP contribution in [0.5, 0.6) is 11.5 Å². The zero-order chi connectivity index (χ0) is 23.9. The smallest absolute Gasteiger partial charge is 1.00 e. The molecule has 0 amide bonds. The van der Waals surface area contributed by atoms with Crippen LogP contribution in [0.2, 0.25) is 0 Å². The van der Waals surface area contributed by atoms with Crippen LogP contribution >= 0.6 is 36.0 Å². The molecule has 0 atom stereocenters. The molecule has 0 radical (unpaired) electrons. The molecule has 0 spiro atoms. The number of ether oxygens (including phenoxy) is 2. The molecule has 7 heteroatoms. The van der Waals surface area contributed by atoms with Crippen LogP contribution in [0.25, 0.3) is 0 Å². The molecule has 0 unspecified atom stereocenters. The molecular formula is C28H24BrClMgO2S2. The van der Waals surface area contributed by atoms with Gasteiger partial charge in [-0.1, -0.05) is 73.2 Å². The van der Waals surface area contributed by atoms with E-state index in [1.165, 1.54) is 11.1 Å². The van der Waals surface area contributed by atoms with Crippen LogP contribution in [-0.4, -0.2) is 32.6 Å². The van der Waals surface area contributed by atoms with Gasteiger partial charge in [0.15, 0.2) is 5.05 Å². The predicted molar refractivity (Wildman–Crippen MR) is 151 cm³/mol. The molecule has 0 saturated carbocycles. The summed E-state index contributed by atoms with van der Waals surface area (Å²) in [6.07, 6.45) is 0. The Kier molecular flexibility index (Phi) is 18.4. The molecule has 0 saturated heterocycles. The van der Waals surface area contributed by atoms with Gasteiger partial charge in [-0.15, -0.1) is 0 Å². The maximum Gasteiger partial charge on any atom is 2.00 e. The normalized spacial score (nSPS) is 8.77. The van der Waals surface area contributed by atoms with Crippen molar-refractivity contribution < 1.29 is 26.5 Å². The van der Waals surface area contributed by atoms with E-state index in [0.29, 0.717) is 10.8 Å². The van der Waals surface area contributed by atoms with E-state index < -0.39 is 0 Å². The Balaban J connectivity index is 0.000000525. The number of thiocarbonyl (C=S) groups is 2. The van der Waals surface area contributed by atoms with Gasteiger partial charge >= 0.3 is 23.1 Å². The van der Waals surface area contributed by atoms with Crippen molar-refractivity contribution in [2.24, 2.45) is 0 Å². The summed E-state index contributed by atoms with van der Waals surface area (Å²) < 4.78 is 10.5. The molecule has 0 N–H and O–H groups in total. The first kappa shape index (κ1) is 33.2. The van der Waals surface area contributed by atoms with Gasteiger partial charge in [-0.3, -0.25) is 0 Å². The number of rotatable bonds is 3. The third-order valence-corrected chi connectivity index (χ3v) is 4.55. The second-order valence-electron chi connectivity index (χ2n) is 6.80. The summed E-state index contributed by atoms with van der Waals surface area (Å²) in [5.74, 6) is 1.44. The molecule has 4 rings (SSSR count). The molecule has 2 nitrogen and oxygen atoms in total. The van der Waals surface area contributed by atoms with E-state index in [4.69, 9.17) is 33.3 Å². The summed E-state index contributed by atoms with van der Waals surface area (Å²) >= 11 is 15.1. The molecule has 0 heterocycles. The minimum absolute atomic E-state index is 0. The summed E-state index contributed by atoms with van der Waals surface area (Å²) in [7, 11) is 0. The topological polar surface area (TPSA) is 18.5 Å². The van der Waals surface area contributed by atoms with Gasteiger partial charge in [0.05, 0.1) is 0 Å². The zero-order valence-electron chi connectivity index (χ0n) is 19.5. The van der Waals surface area contributed by atoms with E-state index >= 15 is 0 Å². The van der Waals surface area contributed by atoms with Gasteiger partial charge < -0.3 is 26.5 Å². The van der Waals surface area contributed by atoms with Crippen LogP contribution in [0, 0.1) is 19.9 Å². The first-order chi connectivity index (χ1) is 15.9. The molecular weight excluding hydrogens is 572 g/mol. The molecule has 4 aromatic carbocycles. The summed E-state index contributed by atoms with van der Waals surface area (Å²) in [4.78, 5) is 0. The second kappa shape index (κ2) is 19.4. The maximum atomic E-state index is 5.57. The number of hydrogen-bond acceptors (Lipinski definition) is 4. The molecule has 0 fully saturated rings. The number of halogens is 2. The van der Waals surface area contributed by atoms with Gasteiger partial charge in [-0.2, -0.15) is 35.9 Å². The van der Waals surface area contributed by atoms with Gasteiger partial charge in [0.1, 0.15) is 11.5 Å². The van der Waals surface area contributed by atoms with E-state index in [0.717, 1.165) is 11.3 Å². The monoisotopic (exact) mass is 594 g/mol. The maximum absolute atomic E-state index is 5.57. The van der Waals surface area contributed by atoms with E-state index in [9.17, 15) is 0 Å². The third-order valence-electron chi connectivity index (χ3n) is 4.07. The Morgan fingerprint density at radius 2 is 1.09 bits per heavy atom. The van der Waals surface area contributed by atoms with E-state index in [1.807, 2.05) is 104 Å². The van der Waals surface area contributed by atoms with Crippen molar-refractivity contribution >= 4 is 68.6 Å². The Labute approximate surface area is 250 Å². The first-order valence-electron chi connectivity index (χ1n) is 10.1. The minimum atomic E-state index is 0. The van der Waals surface area contributed by atoms with Crippen LogP contribution in [-0.2, 0) is 0 Å². The van der Waals surface area contributed by atoms with Crippen LogP contribution in [0.1, 0.15) is 16.7 Å². The average Bonchev–Trinajstić information content (AvgIpc) is 2.82. The number of para-hydroxylation sites is 2. The average molecular weight is 596 g/mol. The van der Waals surface area contributed by atoms with Gasteiger partial charge in [0, 0.05) is 5.56 Å². The van der Waals surface area contributed by atoms with Gasteiger partial charge in [0.25, 0.3) is 4.51 Å². The predicted octanol–water partition coefficient (Wildman–Crippen LogP) is 4.76. The van der Waals surface area contributed by atoms with Crippen molar-refractivity contribution in [3.63, 3.8) is 0 Å². The summed E-state index contributed by atoms with van der Waals surface area (Å²) in [6.45, 7) is 4.11. The largest absolute Gasteiger partial charge is 2.00 e. The van der Waals surface area contributed by atoms with Gasteiger partial charge in [0.2, 0.25) is 0 Å². The molecule has 0 aliphatic carbocycles. The first-order valence-corrected chi connectivity index (χ1v) is 11.3. The third kappa shape index (κ3) is 15.0. The SMILES string of the molecule is Cc1cc[c-]cc1.Cc1ccc(C(=S)Oc2ccccc2)cc1.S=C(Cl)Oc1ccccc1.[Br-].[Mg+2]. The Hall–Kier alpha value is -1.80. The van der Waals surface area contributed by atoms with Crippen molar-refractivity contribution in [1.29, 1.82) is 0 Å². The minimum Gasteiger partial charge on any atom is -1.00 e. The van der Waals surface area contributed by atoms with Crippen LogP contribution in [0.15, 0.2) is 109 Å². The van der Waals surface area contributed by atoms with Crippen LogP contribution in [0.4, 0.5) is 0 Å². The van der Waals surface area contributed by atoms with Crippen molar-refractivity contribution in [2.45, 2.75) is 13.8 Å². The summed E-state index contributed by atoms with van der Waals surface area (Å²) in [5.41, 5.74) is 3.44. The Morgan fingerprint density at radius 3 is 1.49 bits per heavy atom. The fourth-order valence-electron chi connectivity index (χ4n) is 2.40. The van der Waals surface area contributed by atoms with Crippen LogP contribution in [0.3, 0.4) is 0 Å². The number of hydrogen-bond donors (Lipinski definition) is 0. The summed E-state index contributed by atoms with van der Waals surface area (Å²) in [6, 6.07) is 37.5. The number of aryl methyl sites for hydroxylation is 2. The van der Waals surface area contributed by atoms with Crippen molar-refractivity contribution in [2.75, 3.05) is 0 Å².